The first-order chi connectivity index (χ1) is 8.65. The van der Waals surface area contributed by atoms with Crippen molar-refractivity contribution < 1.29 is 27.5 Å². The van der Waals surface area contributed by atoms with E-state index in [9.17, 15) is 22.8 Å². The Morgan fingerprint density at radius 1 is 1.26 bits per heavy atom. The molecule has 1 aliphatic rings. The summed E-state index contributed by atoms with van der Waals surface area (Å²) in [7, 11) is 0. The van der Waals surface area contributed by atoms with Crippen molar-refractivity contribution in [1.82, 2.24) is 0 Å². The van der Waals surface area contributed by atoms with Crippen LogP contribution in [0.1, 0.15) is 40.0 Å². The van der Waals surface area contributed by atoms with E-state index in [1.54, 1.807) is 13.8 Å². The third kappa shape index (κ3) is 2.98. The van der Waals surface area contributed by atoms with Crippen LogP contribution in [0, 0.1) is 5.41 Å². The molecule has 0 amide bonds. The van der Waals surface area contributed by atoms with Gasteiger partial charge < -0.3 is 4.74 Å². The van der Waals surface area contributed by atoms with Gasteiger partial charge in [0.15, 0.2) is 0 Å². The second kappa shape index (κ2) is 5.35. The highest BCUT2D eigenvalue weighted by atomic mass is 19.4. The molecular formula is C13H17F3O3. The highest BCUT2D eigenvalue weighted by Gasteiger charge is 2.58. The van der Waals surface area contributed by atoms with Gasteiger partial charge in [0, 0.05) is 0 Å². The molecule has 0 aliphatic heterocycles. The Labute approximate surface area is 109 Å². The molecule has 0 aromatic heterocycles. The molecule has 108 valence electrons. The summed E-state index contributed by atoms with van der Waals surface area (Å²) in [5.74, 6) is -3.06. The molecule has 0 bridgehead atoms. The van der Waals surface area contributed by atoms with Gasteiger partial charge in [-0.1, -0.05) is 11.1 Å². The van der Waals surface area contributed by atoms with Crippen LogP contribution in [0.25, 0.3) is 0 Å². The number of ketones is 1. The maximum atomic E-state index is 12.7. The predicted molar refractivity (Wildman–Crippen MR) is 62.4 cm³/mol. The molecule has 3 nitrogen and oxygen atoms in total. The zero-order chi connectivity index (χ0) is 14.8. The Kier molecular flexibility index (Phi) is 4.43. The second-order valence-electron chi connectivity index (χ2n) is 4.87. The fourth-order valence-corrected chi connectivity index (χ4v) is 2.31. The third-order valence-corrected chi connectivity index (χ3v) is 3.58. The summed E-state index contributed by atoms with van der Waals surface area (Å²) < 4.78 is 42.9. The molecule has 1 aliphatic carbocycles. The minimum atomic E-state index is -5.03. The Morgan fingerprint density at radius 2 is 1.84 bits per heavy atom. The van der Waals surface area contributed by atoms with Crippen LogP contribution in [-0.2, 0) is 14.3 Å². The van der Waals surface area contributed by atoms with Gasteiger partial charge in [-0.05, 0) is 40.0 Å². The van der Waals surface area contributed by atoms with Crippen molar-refractivity contribution in [2.75, 3.05) is 6.61 Å². The molecule has 0 heterocycles. The van der Waals surface area contributed by atoms with Crippen LogP contribution in [0.2, 0.25) is 0 Å². The number of hydrogen-bond donors (Lipinski definition) is 0. The van der Waals surface area contributed by atoms with Crippen molar-refractivity contribution in [2.24, 2.45) is 5.41 Å². The predicted octanol–water partition coefficient (Wildman–Crippen LogP) is 3.19. The van der Waals surface area contributed by atoms with Crippen LogP contribution in [0.4, 0.5) is 13.2 Å². The summed E-state index contributed by atoms with van der Waals surface area (Å²) in [6.07, 6.45) is -5.09. The minimum absolute atomic E-state index is 0.0482. The molecular weight excluding hydrogens is 261 g/mol. The van der Waals surface area contributed by atoms with Gasteiger partial charge in [0.1, 0.15) is 5.41 Å². The number of rotatable bonds is 3. The van der Waals surface area contributed by atoms with E-state index in [0.717, 1.165) is 5.57 Å². The zero-order valence-corrected chi connectivity index (χ0v) is 11.2. The van der Waals surface area contributed by atoms with Crippen molar-refractivity contribution in [1.29, 1.82) is 0 Å². The Morgan fingerprint density at radius 3 is 2.26 bits per heavy atom. The molecule has 6 heteroatoms. The van der Waals surface area contributed by atoms with Crippen molar-refractivity contribution in [3.8, 4) is 0 Å². The molecule has 0 N–H and O–H groups in total. The van der Waals surface area contributed by atoms with E-state index in [0.29, 0.717) is 12.0 Å². The molecule has 0 saturated heterocycles. The molecule has 0 saturated carbocycles. The first-order valence-corrected chi connectivity index (χ1v) is 6.09. The Bertz CT molecular complexity index is 423. The van der Waals surface area contributed by atoms with Crippen LogP contribution in [0.3, 0.4) is 0 Å². The average Bonchev–Trinajstić information content (AvgIpc) is 2.31. The lowest BCUT2D eigenvalue weighted by molar-refractivity contribution is -0.190. The van der Waals surface area contributed by atoms with Gasteiger partial charge in [0.2, 0.25) is 0 Å². The summed E-state index contributed by atoms with van der Waals surface area (Å²) in [5.41, 5.74) is -0.524. The van der Waals surface area contributed by atoms with Crippen LogP contribution in [0.5, 0.6) is 0 Å². The second-order valence-corrected chi connectivity index (χ2v) is 4.87. The topological polar surface area (TPSA) is 43.4 Å². The monoisotopic (exact) mass is 278 g/mol. The van der Waals surface area contributed by atoms with E-state index < -0.39 is 23.3 Å². The fraction of sp³-hybridized carbons (Fsp3) is 0.692. The van der Waals surface area contributed by atoms with Gasteiger partial charge in [-0.3, -0.25) is 9.59 Å². The maximum absolute atomic E-state index is 12.7. The number of carbonyl (C=O) groups is 2. The van der Waals surface area contributed by atoms with E-state index in [4.69, 9.17) is 4.74 Å². The quantitative estimate of drug-likeness (QED) is 0.452. The molecule has 0 spiro atoms. The van der Waals surface area contributed by atoms with Gasteiger partial charge in [0.25, 0.3) is 5.78 Å². The Hall–Kier alpha value is -1.33. The standard InChI is InChI=1S/C13H17F3O3/c1-4-19-11(18)12(10(17)13(14,15)16)6-5-8(2)9(3)7-12/h4-7H2,1-3H3. The number of esters is 1. The van der Waals surface area contributed by atoms with Crippen molar-refractivity contribution in [2.45, 2.75) is 46.2 Å². The Balaban J connectivity index is 3.21. The lowest BCUT2D eigenvalue weighted by Gasteiger charge is -2.34. The fourth-order valence-electron chi connectivity index (χ4n) is 2.31. The van der Waals surface area contributed by atoms with Crippen molar-refractivity contribution >= 4 is 11.8 Å². The highest BCUT2D eigenvalue weighted by Crippen LogP contribution is 2.44. The van der Waals surface area contributed by atoms with E-state index in [-0.39, 0.29) is 19.4 Å². The van der Waals surface area contributed by atoms with E-state index in [2.05, 4.69) is 0 Å². The van der Waals surface area contributed by atoms with Crippen LogP contribution >= 0.6 is 0 Å². The maximum Gasteiger partial charge on any atom is 0.451 e. The molecule has 1 atom stereocenters. The van der Waals surface area contributed by atoms with Crippen molar-refractivity contribution in [3.05, 3.63) is 11.1 Å². The summed E-state index contributed by atoms with van der Waals surface area (Å²) in [6.45, 7) is 4.89. The number of ether oxygens (including phenoxy) is 1. The number of Topliss-reactive ketones (excluding diaryl/α,β-unsaturated/α-hetero) is 1. The van der Waals surface area contributed by atoms with E-state index >= 15 is 0 Å². The van der Waals surface area contributed by atoms with E-state index in [1.807, 2.05) is 0 Å². The lowest BCUT2D eigenvalue weighted by atomic mass is 9.69. The molecule has 0 fully saturated rings. The first kappa shape index (κ1) is 15.7. The smallest absolute Gasteiger partial charge is 0.451 e. The molecule has 0 aromatic rings. The molecule has 0 aromatic carbocycles. The number of carbonyl (C=O) groups excluding carboxylic acids is 2. The number of alkyl halides is 3. The first-order valence-electron chi connectivity index (χ1n) is 6.09. The van der Waals surface area contributed by atoms with Gasteiger partial charge in [0.05, 0.1) is 6.61 Å². The van der Waals surface area contributed by atoms with Gasteiger partial charge in [-0.25, -0.2) is 0 Å². The lowest BCUT2D eigenvalue weighted by Crippen LogP contribution is -2.48. The normalized spacial score (nSPS) is 24.3. The molecule has 1 rings (SSSR count). The molecule has 19 heavy (non-hydrogen) atoms. The summed E-state index contributed by atoms with van der Waals surface area (Å²) in [4.78, 5) is 23.6. The minimum Gasteiger partial charge on any atom is -0.465 e. The van der Waals surface area contributed by atoms with Gasteiger partial charge >= 0.3 is 12.1 Å². The van der Waals surface area contributed by atoms with Crippen LogP contribution in [0.15, 0.2) is 11.1 Å². The number of halogens is 3. The third-order valence-electron chi connectivity index (χ3n) is 3.58. The van der Waals surface area contributed by atoms with Crippen molar-refractivity contribution in [3.63, 3.8) is 0 Å². The number of hydrogen-bond acceptors (Lipinski definition) is 3. The number of allylic oxidation sites excluding steroid dienone is 2. The van der Waals surface area contributed by atoms with Crippen LogP contribution in [-0.4, -0.2) is 24.5 Å². The summed E-state index contributed by atoms with van der Waals surface area (Å²) in [5, 5.41) is 0. The SMILES string of the molecule is CCOC(=O)C1(C(=O)C(F)(F)F)CCC(C)=C(C)C1. The summed E-state index contributed by atoms with van der Waals surface area (Å²) in [6, 6.07) is 0. The summed E-state index contributed by atoms with van der Waals surface area (Å²) >= 11 is 0. The zero-order valence-electron chi connectivity index (χ0n) is 11.2. The highest BCUT2D eigenvalue weighted by molar-refractivity contribution is 6.06. The largest absolute Gasteiger partial charge is 0.465 e. The molecule has 0 radical (unpaired) electrons. The molecule has 1 unspecified atom stereocenters. The van der Waals surface area contributed by atoms with Gasteiger partial charge in [-0.2, -0.15) is 13.2 Å². The van der Waals surface area contributed by atoms with E-state index in [1.165, 1.54) is 6.92 Å². The van der Waals surface area contributed by atoms with Gasteiger partial charge in [-0.15, -0.1) is 0 Å². The van der Waals surface area contributed by atoms with Crippen LogP contribution < -0.4 is 0 Å². The average molecular weight is 278 g/mol.